The van der Waals surface area contributed by atoms with Crippen LogP contribution in [0.1, 0.15) is 78.7 Å². The number of ketones is 1. The molecule has 0 aliphatic rings. The van der Waals surface area contributed by atoms with E-state index in [2.05, 4.69) is 55.6 Å². The molecule has 1 N–H and O–H groups in total. The van der Waals surface area contributed by atoms with Gasteiger partial charge in [-0.1, -0.05) is 77.3 Å². The van der Waals surface area contributed by atoms with Gasteiger partial charge in [-0.25, -0.2) is 0 Å². The van der Waals surface area contributed by atoms with E-state index in [4.69, 9.17) is 9.40 Å². The van der Waals surface area contributed by atoms with Gasteiger partial charge in [0.15, 0.2) is 11.4 Å². The minimum atomic E-state index is 0. The van der Waals surface area contributed by atoms with Crippen LogP contribution in [-0.2, 0) is 24.9 Å². The number of aliphatic hydroxyl groups is 1. The van der Waals surface area contributed by atoms with E-state index in [1.165, 1.54) is 21.7 Å². The van der Waals surface area contributed by atoms with Gasteiger partial charge in [0, 0.05) is 49.5 Å². The van der Waals surface area contributed by atoms with Gasteiger partial charge in [0.2, 0.25) is 0 Å². The van der Waals surface area contributed by atoms with Gasteiger partial charge >= 0.3 is 0 Å². The summed E-state index contributed by atoms with van der Waals surface area (Å²) in [6.45, 7) is 12.5. The second-order valence-electron chi connectivity index (χ2n) is 10.6. The number of nitrogens with zero attached hydrogens (tertiary/aromatic N) is 1. The number of thiophene rings is 1. The smallest absolute Gasteiger partial charge is 0.162 e. The first-order chi connectivity index (χ1) is 19.3. The Balaban J connectivity index is 0.000000253. The van der Waals surface area contributed by atoms with Crippen LogP contribution in [0.15, 0.2) is 70.4 Å². The van der Waals surface area contributed by atoms with E-state index in [1.807, 2.05) is 39.8 Å². The predicted octanol–water partition coefficient (Wildman–Crippen LogP) is 10.7. The number of fused-ring (bicyclic) bond motifs is 4. The molecule has 3 heterocycles. The number of carbonyl (C=O) groups is 1. The van der Waals surface area contributed by atoms with E-state index in [9.17, 15) is 9.90 Å². The first-order valence-electron chi connectivity index (χ1n) is 14.5. The molecule has 5 rings (SSSR count). The van der Waals surface area contributed by atoms with Crippen molar-refractivity contribution >= 4 is 49.1 Å². The maximum Gasteiger partial charge on any atom is 0.162 e. The number of pyridine rings is 1. The molecule has 0 aliphatic carbocycles. The number of allylic oxidation sites excluding steroid dienone is 2. The van der Waals surface area contributed by atoms with Crippen LogP contribution in [0.4, 0.5) is 0 Å². The zero-order valence-corrected chi connectivity index (χ0v) is 28.0. The molecule has 0 fully saturated rings. The zero-order valence-electron chi connectivity index (χ0n) is 24.8. The maximum absolute atomic E-state index is 11.7. The first kappa shape index (κ1) is 32.7. The minimum absolute atomic E-state index is 0. The van der Waals surface area contributed by atoms with Crippen LogP contribution in [-0.4, -0.2) is 15.9 Å². The van der Waals surface area contributed by atoms with Crippen LogP contribution in [0.5, 0.6) is 0 Å². The van der Waals surface area contributed by atoms with Gasteiger partial charge in [-0.05, 0) is 52.8 Å². The number of aliphatic hydroxyl groups excluding tert-OH is 1. The maximum atomic E-state index is 11.7. The quantitative estimate of drug-likeness (QED) is 0.0927. The van der Waals surface area contributed by atoms with Crippen molar-refractivity contribution in [2.75, 3.05) is 0 Å². The zero-order chi connectivity index (χ0) is 28.8. The van der Waals surface area contributed by atoms with E-state index >= 15 is 0 Å². The van der Waals surface area contributed by atoms with E-state index in [0.29, 0.717) is 5.92 Å². The molecule has 219 valence electrons. The van der Waals surface area contributed by atoms with Crippen LogP contribution in [0.2, 0.25) is 0 Å². The Bertz CT molecular complexity index is 1620. The van der Waals surface area contributed by atoms with Crippen molar-refractivity contribution < 1.29 is 34.4 Å². The number of hydrogen-bond donors (Lipinski definition) is 1. The third kappa shape index (κ3) is 7.17. The Morgan fingerprint density at radius 2 is 1.63 bits per heavy atom. The summed E-state index contributed by atoms with van der Waals surface area (Å²) in [5.41, 5.74) is 5.11. The Morgan fingerprint density at radius 1 is 0.976 bits per heavy atom. The fourth-order valence-corrected chi connectivity index (χ4v) is 6.10. The SMILES string of the molecule is CC(C)c1cc(-c2nc3ccoc3c3ccccc23)[c-]c2sccc12.CCC(CC)C(=O)/C=C(\O)C(CC)CC.[Ir]. The molecule has 0 spiro atoms. The van der Waals surface area contributed by atoms with Crippen molar-refractivity contribution in [3.63, 3.8) is 0 Å². The number of rotatable bonds is 9. The molecule has 0 bridgehead atoms. The second-order valence-corrected chi connectivity index (χ2v) is 11.5. The Morgan fingerprint density at radius 3 is 2.27 bits per heavy atom. The largest absolute Gasteiger partial charge is 0.512 e. The summed E-state index contributed by atoms with van der Waals surface area (Å²) in [6.07, 6.45) is 6.61. The summed E-state index contributed by atoms with van der Waals surface area (Å²) >= 11 is 1.74. The number of benzene rings is 2. The van der Waals surface area contributed by atoms with E-state index in [-0.39, 0.29) is 43.5 Å². The summed E-state index contributed by atoms with van der Waals surface area (Å²) in [7, 11) is 0. The van der Waals surface area contributed by atoms with Crippen LogP contribution in [0.25, 0.3) is 43.2 Å². The van der Waals surface area contributed by atoms with Gasteiger partial charge in [-0.3, -0.25) is 9.78 Å². The van der Waals surface area contributed by atoms with Crippen LogP contribution < -0.4 is 0 Å². The Kier molecular flexibility index (Phi) is 11.9. The molecule has 0 amide bonds. The number of carbonyl (C=O) groups excluding carboxylic acids is 1. The van der Waals surface area contributed by atoms with Crippen LogP contribution in [0, 0.1) is 17.9 Å². The normalized spacial score (nSPS) is 11.9. The van der Waals surface area contributed by atoms with Crippen molar-refractivity contribution in [1.29, 1.82) is 0 Å². The molecule has 0 aliphatic heterocycles. The number of aromatic nitrogens is 1. The molecule has 6 heteroatoms. The van der Waals surface area contributed by atoms with Crippen molar-refractivity contribution in [2.24, 2.45) is 11.8 Å². The average molecular weight is 747 g/mol. The van der Waals surface area contributed by atoms with Crippen molar-refractivity contribution in [3.05, 3.63) is 77.6 Å². The third-order valence-electron chi connectivity index (χ3n) is 7.79. The monoisotopic (exact) mass is 747 g/mol. The molecule has 41 heavy (non-hydrogen) atoms. The summed E-state index contributed by atoms with van der Waals surface area (Å²) in [6, 6.07) is 18.3. The summed E-state index contributed by atoms with van der Waals surface area (Å²) in [5, 5.41) is 15.4. The third-order valence-corrected chi connectivity index (χ3v) is 8.62. The first-order valence-corrected chi connectivity index (χ1v) is 15.3. The van der Waals surface area contributed by atoms with Gasteiger partial charge in [0.1, 0.15) is 0 Å². The fourth-order valence-electron chi connectivity index (χ4n) is 5.28. The van der Waals surface area contributed by atoms with Crippen LogP contribution >= 0.6 is 11.3 Å². The summed E-state index contributed by atoms with van der Waals surface area (Å²) < 4.78 is 6.87. The number of hydrogen-bond acceptors (Lipinski definition) is 5. The molecule has 0 atom stereocenters. The van der Waals surface area contributed by atoms with E-state index < -0.39 is 0 Å². The molecular formula is C35H40IrNO3S-. The van der Waals surface area contributed by atoms with Gasteiger partial charge in [-0.2, -0.15) is 11.3 Å². The predicted molar refractivity (Wildman–Crippen MR) is 169 cm³/mol. The Labute approximate surface area is 261 Å². The topological polar surface area (TPSA) is 63.3 Å². The standard InChI is InChI=1S/C22H16NOS.C13H24O2.Ir/c1-13(2)18-11-14(12-20-15(18)8-10-25-20)21-16-5-3-4-6-17(16)22-19(23-21)7-9-24-22;1-5-10(6-2)12(14)9-13(15)11(7-3)8-4;/h3-11,13H,1-2H3;9-11,14H,5-8H2,1-4H3;/q-1;;/b;12-9-;. The van der Waals surface area contributed by atoms with Gasteiger partial charge in [-0.15, -0.1) is 23.3 Å². The molecule has 5 aromatic rings. The average Bonchev–Trinajstić information content (AvgIpc) is 3.63. The Hall–Kier alpha value is -2.79. The molecular weight excluding hydrogens is 707 g/mol. The van der Waals surface area contributed by atoms with E-state index in [1.54, 1.807) is 17.6 Å². The summed E-state index contributed by atoms with van der Waals surface area (Å²) in [4.78, 5) is 16.6. The molecule has 0 unspecified atom stereocenters. The molecule has 4 nitrogen and oxygen atoms in total. The van der Waals surface area contributed by atoms with E-state index in [0.717, 1.165) is 58.8 Å². The molecule has 0 saturated carbocycles. The second kappa shape index (κ2) is 14.9. The van der Waals surface area contributed by atoms with Gasteiger partial charge < -0.3 is 9.52 Å². The molecule has 1 radical (unpaired) electrons. The minimum Gasteiger partial charge on any atom is -0.512 e. The molecule has 0 saturated heterocycles. The molecule has 3 aromatic heterocycles. The number of furan rings is 1. The van der Waals surface area contributed by atoms with Crippen LogP contribution in [0.3, 0.4) is 0 Å². The van der Waals surface area contributed by atoms with Crippen molar-refractivity contribution in [1.82, 2.24) is 4.98 Å². The fraction of sp³-hybridized carbons (Fsp3) is 0.371. The molecule has 2 aromatic carbocycles. The van der Waals surface area contributed by atoms with Crippen molar-refractivity contribution in [3.8, 4) is 11.3 Å². The van der Waals surface area contributed by atoms with Crippen molar-refractivity contribution in [2.45, 2.75) is 73.1 Å². The van der Waals surface area contributed by atoms with Gasteiger partial charge in [0.25, 0.3) is 0 Å². The summed E-state index contributed by atoms with van der Waals surface area (Å²) in [5.74, 6) is 1.00. The van der Waals surface area contributed by atoms with Gasteiger partial charge in [0.05, 0.1) is 17.5 Å².